The Bertz CT molecular complexity index is 608. The van der Waals surface area contributed by atoms with Crippen LogP contribution in [0.2, 0.25) is 0 Å². The summed E-state index contributed by atoms with van der Waals surface area (Å²) in [6.07, 6.45) is 0.894. The van der Waals surface area contributed by atoms with Crippen LogP contribution in [0.3, 0.4) is 0 Å². The van der Waals surface area contributed by atoms with E-state index in [0.717, 1.165) is 28.8 Å². The predicted molar refractivity (Wildman–Crippen MR) is 87.6 cm³/mol. The average molecular weight is 282 g/mol. The highest BCUT2D eigenvalue weighted by Gasteiger charge is 2.11. The Hall–Kier alpha value is -2.29. The topological polar surface area (TPSA) is 41.1 Å². The van der Waals surface area contributed by atoms with Gasteiger partial charge in [-0.2, -0.15) is 0 Å². The highest BCUT2D eigenvalue weighted by Crippen LogP contribution is 2.21. The number of carbonyl (C=O) groups excluding carboxylic acids is 1. The Kier molecular flexibility index (Phi) is 4.99. The lowest BCUT2D eigenvalue weighted by atomic mass is 10.1. The van der Waals surface area contributed by atoms with E-state index in [0.29, 0.717) is 0 Å². The van der Waals surface area contributed by atoms with Gasteiger partial charge in [-0.3, -0.25) is 0 Å². The summed E-state index contributed by atoms with van der Waals surface area (Å²) in [6.45, 7) is 6.08. The zero-order valence-electron chi connectivity index (χ0n) is 12.8. The van der Waals surface area contributed by atoms with Gasteiger partial charge in [0.05, 0.1) is 6.04 Å². The van der Waals surface area contributed by atoms with Crippen LogP contribution >= 0.6 is 0 Å². The SMILES string of the molecule is CCc1cccc(C)c1NC(=O)NC(C)c1ccccc1. The lowest BCUT2D eigenvalue weighted by Crippen LogP contribution is -2.31. The second-order valence-electron chi connectivity index (χ2n) is 5.19. The number of aryl methyl sites for hydroxylation is 2. The van der Waals surface area contributed by atoms with Gasteiger partial charge in [0, 0.05) is 5.69 Å². The summed E-state index contributed by atoms with van der Waals surface area (Å²) in [5, 5.41) is 5.95. The normalized spacial score (nSPS) is 11.8. The molecule has 2 aromatic carbocycles. The molecule has 0 bridgehead atoms. The lowest BCUT2D eigenvalue weighted by Gasteiger charge is -2.17. The minimum Gasteiger partial charge on any atom is -0.331 e. The van der Waals surface area contributed by atoms with Crippen LogP contribution in [0.1, 0.15) is 36.6 Å². The van der Waals surface area contributed by atoms with Gasteiger partial charge in [0.2, 0.25) is 0 Å². The molecule has 3 nitrogen and oxygen atoms in total. The fourth-order valence-corrected chi connectivity index (χ4v) is 2.37. The van der Waals surface area contributed by atoms with Crippen LogP contribution in [-0.2, 0) is 6.42 Å². The molecule has 3 heteroatoms. The zero-order chi connectivity index (χ0) is 15.2. The van der Waals surface area contributed by atoms with Gasteiger partial charge >= 0.3 is 6.03 Å². The second-order valence-corrected chi connectivity index (χ2v) is 5.19. The molecule has 0 radical (unpaired) electrons. The maximum atomic E-state index is 12.2. The number of hydrogen-bond donors (Lipinski definition) is 2. The van der Waals surface area contributed by atoms with Crippen molar-refractivity contribution >= 4 is 11.7 Å². The number of benzene rings is 2. The Morgan fingerprint density at radius 2 is 1.81 bits per heavy atom. The Morgan fingerprint density at radius 1 is 1.10 bits per heavy atom. The van der Waals surface area contributed by atoms with Crippen molar-refractivity contribution in [2.24, 2.45) is 0 Å². The molecule has 2 rings (SSSR count). The minimum absolute atomic E-state index is 0.0275. The number of amides is 2. The van der Waals surface area contributed by atoms with E-state index in [9.17, 15) is 4.79 Å². The molecule has 1 unspecified atom stereocenters. The number of urea groups is 1. The molecule has 0 saturated carbocycles. The van der Waals surface area contributed by atoms with E-state index in [1.165, 1.54) is 0 Å². The molecule has 0 spiro atoms. The lowest BCUT2D eigenvalue weighted by molar-refractivity contribution is 0.249. The van der Waals surface area contributed by atoms with Crippen LogP contribution in [0.5, 0.6) is 0 Å². The van der Waals surface area contributed by atoms with E-state index in [2.05, 4.69) is 17.6 Å². The molecule has 0 aromatic heterocycles. The van der Waals surface area contributed by atoms with Crippen LogP contribution in [0.15, 0.2) is 48.5 Å². The minimum atomic E-state index is -0.171. The van der Waals surface area contributed by atoms with Crippen LogP contribution < -0.4 is 10.6 Å². The summed E-state index contributed by atoms with van der Waals surface area (Å²) in [5.41, 5.74) is 4.24. The fraction of sp³-hybridized carbons (Fsp3) is 0.278. The molecule has 1 atom stereocenters. The predicted octanol–water partition coefficient (Wildman–Crippen LogP) is 4.44. The first kappa shape index (κ1) is 15.1. The number of hydrogen-bond acceptors (Lipinski definition) is 1. The van der Waals surface area contributed by atoms with E-state index in [4.69, 9.17) is 0 Å². The molecular formula is C18H22N2O. The van der Waals surface area contributed by atoms with Crippen molar-refractivity contribution in [3.8, 4) is 0 Å². The van der Waals surface area contributed by atoms with Crippen molar-refractivity contribution in [2.75, 3.05) is 5.32 Å². The van der Waals surface area contributed by atoms with Gasteiger partial charge < -0.3 is 10.6 Å². The second kappa shape index (κ2) is 6.93. The fourth-order valence-electron chi connectivity index (χ4n) is 2.37. The summed E-state index contributed by atoms with van der Waals surface area (Å²) in [4.78, 5) is 12.2. The van der Waals surface area contributed by atoms with Gasteiger partial charge in [-0.05, 0) is 37.0 Å². The standard InChI is InChI=1S/C18H22N2O/c1-4-15-12-8-9-13(2)17(15)20-18(21)19-14(3)16-10-6-5-7-11-16/h5-12,14H,4H2,1-3H3,(H2,19,20,21). The number of anilines is 1. The van der Waals surface area contributed by atoms with Gasteiger partial charge in [-0.25, -0.2) is 4.79 Å². The summed E-state index contributed by atoms with van der Waals surface area (Å²) in [6, 6.07) is 15.8. The molecule has 0 aliphatic heterocycles. The van der Waals surface area contributed by atoms with E-state index in [-0.39, 0.29) is 12.1 Å². The maximum absolute atomic E-state index is 12.2. The van der Waals surface area contributed by atoms with Crippen LogP contribution in [0.4, 0.5) is 10.5 Å². The first-order valence-corrected chi connectivity index (χ1v) is 7.32. The van der Waals surface area contributed by atoms with Crippen molar-refractivity contribution in [3.63, 3.8) is 0 Å². The van der Waals surface area contributed by atoms with E-state index < -0.39 is 0 Å². The number of rotatable bonds is 4. The van der Waals surface area contributed by atoms with Crippen molar-refractivity contribution < 1.29 is 4.79 Å². The summed E-state index contributed by atoms with van der Waals surface area (Å²) < 4.78 is 0. The van der Waals surface area contributed by atoms with Gasteiger partial charge in [0.15, 0.2) is 0 Å². The van der Waals surface area contributed by atoms with E-state index in [1.54, 1.807) is 0 Å². The Morgan fingerprint density at radius 3 is 2.48 bits per heavy atom. The molecule has 2 N–H and O–H groups in total. The van der Waals surface area contributed by atoms with E-state index >= 15 is 0 Å². The van der Waals surface area contributed by atoms with Crippen molar-refractivity contribution in [2.45, 2.75) is 33.2 Å². The quantitative estimate of drug-likeness (QED) is 0.855. The molecule has 0 aliphatic rings. The van der Waals surface area contributed by atoms with Gasteiger partial charge in [-0.1, -0.05) is 55.5 Å². The highest BCUT2D eigenvalue weighted by molar-refractivity contribution is 5.91. The van der Waals surface area contributed by atoms with Gasteiger partial charge in [-0.15, -0.1) is 0 Å². The molecule has 0 aliphatic carbocycles. The molecule has 2 aromatic rings. The maximum Gasteiger partial charge on any atom is 0.319 e. The van der Waals surface area contributed by atoms with Gasteiger partial charge in [0.25, 0.3) is 0 Å². The van der Waals surface area contributed by atoms with E-state index in [1.807, 2.05) is 62.4 Å². The smallest absolute Gasteiger partial charge is 0.319 e. The summed E-state index contributed by atoms with van der Waals surface area (Å²) >= 11 is 0. The molecule has 0 fully saturated rings. The van der Waals surface area contributed by atoms with Gasteiger partial charge in [0.1, 0.15) is 0 Å². The molecule has 110 valence electrons. The number of carbonyl (C=O) groups is 1. The highest BCUT2D eigenvalue weighted by atomic mass is 16.2. The molecule has 21 heavy (non-hydrogen) atoms. The first-order chi connectivity index (χ1) is 10.1. The van der Waals surface area contributed by atoms with Crippen molar-refractivity contribution in [1.29, 1.82) is 0 Å². The number of nitrogens with one attached hydrogen (secondary N) is 2. The molecular weight excluding hydrogens is 260 g/mol. The van der Waals surface area contributed by atoms with Crippen LogP contribution in [0, 0.1) is 6.92 Å². The van der Waals surface area contributed by atoms with Crippen LogP contribution in [0.25, 0.3) is 0 Å². The third-order valence-corrected chi connectivity index (χ3v) is 3.63. The summed E-state index contributed by atoms with van der Waals surface area (Å²) in [7, 11) is 0. The monoisotopic (exact) mass is 282 g/mol. The molecule has 2 amide bonds. The number of para-hydroxylation sites is 1. The van der Waals surface area contributed by atoms with Crippen molar-refractivity contribution in [3.05, 3.63) is 65.2 Å². The first-order valence-electron chi connectivity index (χ1n) is 7.32. The third kappa shape index (κ3) is 3.85. The molecule has 0 saturated heterocycles. The van der Waals surface area contributed by atoms with Crippen LogP contribution in [-0.4, -0.2) is 6.03 Å². The molecule has 0 heterocycles. The Balaban J connectivity index is 2.06. The summed E-state index contributed by atoms with van der Waals surface area (Å²) in [5.74, 6) is 0. The average Bonchev–Trinajstić information content (AvgIpc) is 2.50. The largest absolute Gasteiger partial charge is 0.331 e. The zero-order valence-corrected chi connectivity index (χ0v) is 12.8. The third-order valence-electron chi connectivity index (χ3n) is 3.63. The Labute approximate surface area is 126 Å². The van der Waals surface area contributed by atoms with Crippen molar-refractivity contribution in [1.82, 2.24) is 5.32 Å².